The maximum absolute atomic E-state index is 9.66. The van der Waals surface area contributed by atoms with E-state index in [1.54, 1.807) is 7.11 Å². The van der Waals surface area contributed by atoms with Gasteiger partial charge in [0.25, 0.3) is 0 Å². The first-order valence-corrected chi connectivity index (χ1v) is 6.34. The zero-order chi connectivity index (χ0) is 12.5. The van der Waals surface area contributed by atoms with Gasteiger partial charge in [0.15, 0.2) is 0 Å². The van der Waals surface area contributed by atoms with Crippen molar-refractivity contribution in [3.05, 3.63) is 29.8 Å². The van der Waals surface area contributed by atoms with E-state index in [0.717, 1.165) is 24.2 Å². The summed E-state index contributed by atoms with van der Waals surface area (Å²) in [6, 6.07) is 7.81. The summed E-state index contributed by atoms with van der Waals surface area (Å²) in [6.07, 6.45) is 2.25. The fourth-order valence-corrected chi connectivity index (χ4v) is 2.65. The Morgan fingerprint density at radius 2 is 2.17 bits per heavy atom. The maximum Gasteiger partial charge on any atom is 0.220 e. The molecule has 1 saturated carbocycles. The molecule has 1 N–H and O–H groups in total. The van der Waals surface area contributed by atoms with Gasteiger partial charge in [-0.2, -0.15) is 0 Å². The Labute approximate surface area is 106 Å². The molecular formula is C14H17NO3. The Bertz CT molecular complexity index is 472. The van der Waals surface area contributed by atoms with Gasteiger partial charge in [0.05, 0.1) is 24.8 Å². The van der Waals surface area contributed by atoms with Crippen molar-refractivity contribution in [3.8, 4) is 5.75 Å². The quantitative estimate of drug-likeness (QED) is 0.866. The smallest absolute Gasteiger partial charge is 0.220 e. The molecule has 1 aromatic rings. The van der Waals surface area contributed by atoms with E-state index in [4.69, 9.17) is 9.47 Å². The lowest BCUT2D eigenvalue weighted by Gasteiger charge is -2.26. The van der Waals surface area contributed by atoms with Crippen molar-refractivity contribution in [1.29, 1.82) is 0 Å². The highest BCUT2D eigenvalue weighted by Crippen LogP contribution is 2.32. The number of benzene rings is 1. The molecule has 18 heavy (non-hydrogen) atoms. The van der Waals surface area contributed by atoms with Crippen LogP contribution in [0.2, 0.25) is 0 Å². The van der Waals surface area contributed by atoms with Crippen LogP contribution in [0.1, 0.15) is 24.8 Å². The fourth-order valence-electron chi connectivity index (χ4n) is 2.65. The SMILES string of the molecule is COc1ccccc1C1=NC2CC(O)CCC2O1. The largest absolute Gasteiger partial charge is 0.496 e. The normalized spacial score (nSPS) is 30.3. The predicted octanol–water partition coefficient (Wildman–Crippen LogP) is 1.75. The second kappa shape index (κ2) is 4.61. The molecule has 1 aliphatic heterocycles. The number of hydrogen-bond donors (Lipinski definition) is 1. The molecule has 0 amide bonds. The topological polar surface area (TPSA) is 51.0 Å². The van der Waals surface area contributed by atoms with E-state index in [1.165, 1.54) is 0 Å². The predicted molar refractivity (Wildman–Crippen MR) is 68.0 cm³/mol. The number of methoxy groups -OCH3 is 1. The highest BCUT2D eigenvalue weighted by Gasteiger charge is 2.37. The molecule has 3 rings (SSSR count). The molecular weight excluding hydrogens is 230 g/mol. The van der Waals surface area contributed by atoms with E-state index in [1.807, 2.05) is 24.3 Å². The van der Waals surface area contributed by atoms with Crippen molar-refractivity contribution in [1.82, 2.24) is 0 Å². The minimum absolute atomic E-state index is 0.0914. The number of aliphatic hydroxyl groups excluding tert-OH is 1. The van der Waals surface area contributed by atoms with Gasteiger partial charge in [-0.1, -0.05) is 12.1 Å². The third kappa shape index (κ3) is 1.97. The number of rotatable bonds is 2. The van der Waals surface area contributed by atoms with Crippen LogP contribution < -0.4 is 4.74 Å². The highest BCUT2D eigenvalue weighted by molar-refractivity contribution is 5.98. The summed E-state index contributed by atoms with van der Waals surface area (Å²) in [5.74, 6) is 1.42. The molecule has 0 spiro atoms. The van der Waals surface area contributed by atoms with Gasteiger partial charge in [-0.3, -0.25) is 0 Å². The third-order valence-electron chi connectivity index (χ3n) is 3.61. The lowest BCUT2D eigenvalue weighted by Crippen LogP contribution is -2.33. The average Bonchev–Trinajstić information content (AvgIpc) is 2.81. The molecule has 0 saturated heterocycles. The summed E-state index contributed by atoms with van der Waals surface area (Å²) >= 11 is 0. The zero-order valence-electron chi connectivity index (χ0n) is 10.4. The van der Waals surface area contributed by atoms with Gasteiger partial charge in [0, 0.05) is 0 Å². The van der Waals surface area contributed by atoms with E-state index in [0.29, 0.717) is 12.3 Å². The molecule has 3 atom stereocenters. The van der Waals surface area contributed by atoms with Crippen molar-refractivity contribution in [3.63, 3.8) is 0 Å². The van der Waals surface area contributed by atoms with Crippen molar-refractivity contribution in [2.45, 2.75) is 37.5 Å². The number of para-hydroxylation sites is 1. The number of aliphatic imine (C=N–C) groups is 1. The van der Waals surface area contributed by atoms with E-state index in [9.17, 15) is 5.11 Å². The van der Waals surface area contributed by atoms with Crippen molar-refractivity contribution < 1.29 is 14.6 Å². The fraction of sp³-hybridized carbons (Fsp3) is 0.500. The van der Waals surface area contributed by atoms with Crippen LogP contribution >= 0.6 is 0 Å². The number of fused-ring (bicyclic) bond motifs is 1. The van der Waals surface area contributed by atoms with Gasteiger partial charge in [0.2, 0.25) is 5.90 Å². The summed E-state index contributed by atoms with van der Waals surface area (Å²) in [5, 5.41) is 9.66. The summed E-state index contributed by atoms with van der Waals surface area (Å²) < 4.78 is 11.2. The lowest BCUT2D eigenvalue weighted by atomic mass is 9.91. The van der Waals surface area contributed by atoms with Crippen LogP contribution in [0.5, 0.6) is 5.75 Å². The van der Waals surface area contributed by atoms with Crippen LogP contribution in [0, 0.1) is 0 Å². The van der Waals surface area contributed by atoms with Crippen LogP contribution in [-0.4, -0.2) is 36.4 Å². The van der Waals surface area contributed by atoms with Gasteiger partial charge >= 0.3 is 0 Å². The van der Waals surface area contributed by atoms with Crippen LogP contribution in [0.3, 0.4) is 0 Å². The molecule has 1 heterocycles. The number of hydrogen-bond acceptors (Lipinski definition) is 4. The molecule has 0 aromatic heterocycles. The lowest BCUT2D eigenvalue weighted by molar-refractivity contribution is 0.0624. The number of aliphatic hydroxyl groups is 1. The Morgan fingerprint density at radius 3 is 3.00 bits per heavy atom. The zero-order valence-corrected chi connectivity index (χ0v) is 10.4. The second-order valence-electron chi connectivity index (χ2n) is 4.83. The number of ether oxygens (including phenoxy) is 2. The summed E-state index contributed by atoms with van der Waals surface area (Å²) in [7, 11) is 1.64. The van der Waals surface area contributed by atoms with E-state index in [-0.39, 0.29) is 18.2 Å². The third-order valence-corrected chi connectivity index (χ3v) is 3.61. The van der Waals surface area contributed by atoms with Crippen molar-refractivity contribution >= 4 is 5.90 Å². The van der Waals surface area contributed by atoms with Crippen LogP contribution in [-0.2, 0) is 4.74 Å². The first kappa shape index (κ1) is 11.5. The molecule has 3 unspecified atom stereocenters. The van der Waals surface area contributed by atoms with Gasteiger partial charge in [-0.25, -0.2) is 4.99 Å². The van der Waals surface area contributed by atoms with Crippen molar-refractivity contribution in [2.75, 3.05) is 7.11 Å². The molecule has 4 nitrogen and oxygen atoms in total. The monoisotopic (exact) mass is 247 g/mol. The van der Waals surface area contributed by atoms with Gasteiger partial charge in [-0.15, -0.1) is 0 Å². The van der Waals surface area contributed by atoms with Crippen LogP contribution in [0.4, 0.5) is 0 Å². The van der Waals surface area contributed by atoms with Crippen LogP contribution in [0.15, 0.2) is 29.3 Å². The molecule has 1 fully saturated rings. The highest BCUT2D eigenvalue weighted by atomic mass is 16.5. The maximum atomic E-state index is 9.66. The Hall–Kier alpha value is -1.55. The first-order valence-electron chi connectivity index (χ1n) is 6.34. The molecule has 1 aliphatic carbocycles. The van der Waals surface area contributed by atoms with E-state index < -0.39 is 0 Å². The average molecular weight is 247 g/mol. The van der Waals surface area contributed by atoms with Crippen LogP contribution in [0.25, 0.3) is 0 Å². The van der Waals surface area contributed by atoms with Gasteiger partial charge in [0.1, 0.15) is 11.9 Å². The molecule has 0 bridgehead atoms. The summed E-state index contributed by atoms with van der Waals surface area (Å²) in [4.78, 5) is 4.59. The Morgan fingerprint density at radius 1 is 1.33 bits per heavy atom. The minimum Gasteiger partial charge on any atom is -0.496 e. The summed E-state index contributed by atoms with van der Waals surface area (Å²) in [5.41, 5.74) is 0.892. The van der Waals surface area contributed by atoms with Crippen molar-refractivity contribution in [2.24, 2.45) is 4.99 Å². The summed E-state index contributed by atoms with van der Waals surface area (Å²) in [6.45, 7) is 0. The standard InChI is InChI=1S/C14H17NO3/c1-17-12-5-3-2-4-10(12)14-15-11-8-9(16)6-7-13(11)18-14/h2-5,9,11,13,16H,6-8H2,1H3. The first-order chi connectivity index (χ1) is 8.78. The minimum atomic E-state index is -0.240. The molecule has 1 aromatic carbocycles. The second-order valence-corrected chi connectivity index (χ2v) is 4.83. The van der Waals surface area contributed by atoms with Gasteiger partial charge < -0.3 is 14.6 Å². The molecule has 2 aliphatic rings. The Kier molecular flexibility index (Phi) is 2.96. The molecule has 96 valence electrons. The number of nitrogens with zero attached hydrogens (tertiary/aromatic N) is 1. The molecule has 4 heteroatoms. The van der Waals surface area contributed by atoms with E-state index >= 15 is 0 Å². The Balaban J connectivity index is 1.87. The van der Waals surface area contributed by atoms with E-state index in [2.05, 4.69) is 4.99 Å². The molecule has 0 radical (unpaired) electrons. The van der Waals surface area contributed by atoms with Gasteiger partial charge in [-0.05, 0) is 31.4 Å².